The molecule has 0 spiro atoms. The predicted octanol–water partition coefficient (Wildman–Crippen LogP) is 2.98. The Morgan fingerprint density at radius 1 is 1.11 bits per heavy atom. The number of fused-ring (bicyclic) bond motifs is 1. The van der Waals surface area contributed by atoms with Crippen molar-refractivity contribution in [1.29, 1.82) is 0 Å². The molecule has 0 aliphatic carbocycles. The first-order chi connectivity index (χ1) is 17.8. The SMILES string of the molecule is CC(=O)c1cn(CC(=O)N2C[C@H](F)C[C@H]2C(=O)Nc2cc(O)ccn2)c2ccc(-c3ccnnc3)cc12. The van der Waals surface area contributed by atoms with Crippen LogP contribution in [0.15, 0.2) is 61.2 Å². The highest BCUT2D eigenvalue weighted by Crippen LogP contribution is 2.29. The number of benzene rings is 1. The van der Waals surface area contributed by atoms with Gasteiger partial charge in [-0.3, -0.25) is 14.4 Å². The van der Waals surface area contributed by atoms with Crippen LogP contribution < -0.4 is 5.32 Å². The normalized spacial score (nSPS) is 17.2. The number of amides is 2. The molecule has 188 valence electrons. The van der Waals surface area contributed by atoms with Crippen LogP contribution in [0.1, 0.15) is 23.7 Å². The molecular weight excluding hydrogens is 479 g/mol. The van der Waals surface area contributed by atoms with Crippen LogP contribution in [0.5, 0.6) is 5.75 Å². The predicted molar refractivity (Wildman–Crippen MR) is 133 cm³/mol. The Morgan fingerprint density at radius 3 is 2.68 bits per heavy atom. The van der Waals surface area contributed by atoms with Gasteiger partial charge in [-0.1, -0.05) is 6.07 Å². The summed E-state index contributed by atoms with van der Waals surface area (Å²) in [5, 5.41) is 20.5. The molecule has 1 aromatic carbocycles. The molecule has 0 radical (unpaired) electrons. The number of aromatic hydroxyl groups is 1. The number of ketones is 1. The van der Waals surface area contributed by atoms with Gasteiger partial charge in [-0.15, -0.1) is 0 Å². The molecule has 0 saturated carbocycles. The molecule has 37 heavy (non-hydrogen) atoms. The van der Waals surface area contributed by atoms with Crippen LogP contribution in [0.4, 0.5) is 10.2 Å². The number of nitrogens with one attached hydrogen (secondary N) is 1. The van der Waals surface area contributed by atoms with Crippen LogP contribution in [0.3, 0.4) is 0 Å². The summed E-state index contributed by atoms with van der Waals surface area (Å²) in [5.74, 6) is -1.20. The zero-order chi connectivity index (χ0) is 26.1. The van der Waals surface area contributed by atoms with Crippen molar-refractivity contribution in [2.75, 3.05) is 11.9 Å². The van der Waals surface area contributed by atoms with Crippen molar-refractivity contribution in [2.24, 2.45) is 0 Å². The summed E-state index contributed by atoms with van der Waals surface area (Å²) in [5.41, 5.74) is 2.77. The number of hydrogen-bond donors (Lipinski definition) is 2. The minimum absolute atomic E-state index is 0.0860. The Kier molecular flexibility index (Phi) is 6.34. The summed E-state index contributed by atoms with van der Waals surface area (Å²) in [6, 6.07) is 8.91. The van der Waals surface area contributed by atoms with Gasteiger partial charge in [0.05, 0.1) is 18.9 Å². The summed E-state index contributed by atoms with van der Waals surface area (Å²) in [6.45, 7) is 1.05. The van der Waals surface area contributed by atoms with E-state index >= 15 is 0 Å². The van der Waals surface area contributed by atoms with Gasteiger partial charge >= 0.3 is 0 Å². The fourth-order valence-corrected chi connectivity index (χ4v) is 4.59. The second kappa shape index (κ2) is 9.76. The van der Waals surface area contributed by atoms with Crippen molar-refractivity contribution in [3.8, 4) is 16.9 Å². The lowest BCUT2D eigenvalue weighted by atomic mass is 10.0. The van der Waals surface area contributed by atoms with E-state index in [2.05, 4.69) is 20.5 Å². The molecule has 1 fully saturated rings. The van der Waals surface area contributed by atoms with Gasteiger partial charge in [0, 0.05) is 46.9 Å². The topological polar surface area (TPSA) is 130 Å². The summed E-state index contributed by atoms with van der Waals surface area (Å²) < 4.78 is 16.0. The lowest BCUT2D eigenvalue weighted by Gasteiger charge is -2.24. The molecule has 5 rings (SSSR count). The summed E-state index contributed by atoms with van der Waals surface area (Å²) in [6.07, 6.45) is 4.61. The van der Waals surface area contributed by atoms with Crippen LogP contribution in [0, 0.1) is 0 Å². The zero-order valence-electron chi connectivity index (χ0n) is 19.8. The molecule has 2 N–H and O–H groups in total. The third-order valence-electron chi connectivity index (χ3n) is 6.35. The maximum absolute atomic E-state index is 14.4. The first kappa shape index (κ1) is 24.0. The second-order valence-corrected chi connectivity index (χ2v) is 8.87. The fourth-order valence-electron chi connectivity index (χ4n) is 4.59. The molecule has 0 bridgehead atoms. The number of anilines is 1. The summed E-state index contributed by atoms with van der Waals surface area (Å²) in [7, 11) is 0. The van der Waals surface area contributed by atoms with Crippen LogP contribution in [-0.4, -0.2) is 66.1 Å². The van der Waals surface area contributed by atoms with Crippen molar-refractivity contribution < 1.29 is 23.9 Å². The standard InChI is InChI=1S/C26H23FN6O4/c1-15(34)21-13-32(22-3-2-16(8-20(21)22)17-4-7-29-30-11-17)14-25(36)33-12-18(27)9-23(33)26(37)31-24-10-19(35)5-6-28-24/h2-8,10-11,13,18,23H,9,12,14H2,1H3,(H2,28,31,35,37)/t18-,23+/m1/s1. The quantitative estimate of drug-likeness (QED) is 0.388. The molecule has 3 aromatic heterocycles. The van der Waals surface area contributed by atoms with Gasteiger partial charge in [0.1, 0.15) is 30.3 Å². The van der Waals surface area contributed by atoms with Gasteiger partial charge in [0.2, 0.25) is 11.8 Å². The molecule has 1 aliphatic rings. The number of halogens is 1. The van der Waals surface area contributed by atoms with E-state index in [0.717, 1.165) is 11.1 Å². The minimum Gasteiger partial charge on any atom is -0.508 e. The van der Waals surface area contributed by atoms with Crippen LogP contribution in [0.25, 0.3) is 22.0 Å². The van der Waals surface area contributed by atoms with Crippen LogP contribution in [-0.2, 0) is 16.1 Å². The largest absolute Gasteiger partial charge is 0.508 e. The fraction of sp³-hybridized carbons (Fsp3) is 0.231. The third kappa shape index (κ3) is 4.88. The highest BCUT2D eigenvalue weighted by Gasteiger charge is 2.40. The number of pyridine rings is 1. The molecule has 1 aliphatic heterocycles. The van der Waals surface area contributed by atoms with E-state index < -0.39 is 24.0 Å². The third-order valence-corrected chi connectivity index (χ3v) is 6.35. The first-order valence-corrected chi connectivity index (χ1v) is 11.6. The molecule has 4 aromatic rings. The number of aromatic nitrogens is 4. The Bertz CT molecular complexity index is 1510. The van der Waals surface area contributed by atoms with Crippen molar-refractivity contribution >= 4 is 34.3 Å². The molecule has 4 heterocycles. The molecule has 2 atom stereocenters. The number of likely N-dealkylation sites (tertiary alicyclic amines) is 1. The number of hydrogen-bond acceptors (Lipinski definition) is 7. The van der Waals surface area contributed by atoms with E-state index in [1.165, 1.54) is 30.2 Å². The van der Waals surface area contributed by atoms with Crippen molar-refractivity contribution in [3.05, 3.63) is 66.7 Å². The average molecular weight is 503 g/mol. The number of alkyl halides is 1. The number of rotatable bonds is 6. The van der Waals surface area contributed by atoms with Crippen LogP contribution >= 0.6 is 0 Å². The minimum atomic E-state index is -1.36. The average Bonchev–Trinajstić information content (AvgIpc) is 3.45. The van der Waals surface area contributed by atoms with E-state index in [0.29, 0.717) is 16.5 Å². The van der Waals surface area contributed by atoms with Gasteiger partial charge in [0.25, 0.3) is 0 Å². The van der Waals surface area contributed by atoms with E-state index in [1.54, 1.807) is 29.2 Å². The molecular formula is C26H23FN6O4. The zero-order valence-corrected chi connectivity index (χ0v) is 19.8. The van der Waals surface area contributed by atoms with E-state index in [-0.39, 0.29) is 36.9 Å². The Labute approximate surface area is 210 Å². The number of Topliss-reactive ketones (excluding diaryl/α,β-unsaturated/α-hetero) is 1. The Morgan fingerprint density at radius 2 is 1.95 bits per heavy atom. The van der Waals surface area contributed by atoms with Gasteiger partial charge in [0.15, 0.2) is 5.78 Å². The number of carbonyl (C=O) groups excluding carboxylic acids is 3. The number of carbonyl (C=O) groups is 3. The lowest BCUT2D eigenvalue weighted by molar-refractivity contribution is -0.137. The lowest BCUT2D eigenvalue weighted by Crippen LogP contribution is -2.44. The van der Waals surface area contributed by atoms with E-state index in [9.17, 15) is 23.9 Å². The summed E-state index contributed by atoms with van der Waals surface area (Å²) >= 11 is 0. The maximum Gasteiger partial charge on any atom is 0.248 e. The highest BCUT2D eigenvalue weighted by atomic mass is 19.1. The smallest absolute Gasteiger partial charge is 0.248 e. The van der Waals surface area contributed by atoms with E-state index in [4.69, 9.17) is 0 Å². The molecule has 11 heteroatoms. The van der Waals surface area contributed by atoms with Gasteiger partial charge in [-0.25, -0.2) is 9.37 Å². The van der Waals surface area contributed by atoms with Crippen molar-refractivity contribution in [2.45, 2.75) is 32.1 Å². The molecule has 2 amide bonds. The molecule has 10 nitrogen and oxygen atoms in total. The molecule has 1 saturated heterocycles. The van der Waals surface area contributed by atoms with Gasteiger partial charge in [-0.2, -0.15) is 10.2 Å². The van der Waals surface area contributed by atoms with Crippen molar-refractivity contribution in [1.82, 2.24) is 24.6 Å². The summed E-state index contributed by atoms with van der Waals surface area (Å²) in [4.78, 5) is 43.7. The second-order valence-electron chi connectivity index (χ2n) is 8.87. The van der Waals surface area contributed by atoms with Crippen LogP contribution in [0.2, 0.25) is 0 Å². The van der Waals surface area contributed by atoms with E-state index in [1.807, 2.05) is 18.2 Å². The number of nitrogens with zero attached hydrogens (tertiary/aromatic N) is 5. The monoisotopic (exact) mass is 502 g/mol. The van der Waals surface area contributed by atoms with Crippen molar-refractivity contribution in [3.63, 3.8) is 0 Å². The Hall–Kier alpha value is -4.67. The Balaban J connectivity index is 1.41. The van der Waals surface area contributed by atoms with Gasteiger partial charge in [-0.05, 0) is 36.8 Å². The molecule has 0 unspecified atom stereocenters. The highest BCUT2D eigenvalue weighted by molar-refractivity contribution is 6.08. The maximum atomic E-state index is 14.4. The first-order valence-electron chi connectivity index (χ1n) is 11.6. The van der Waals surface area contributed by atoms with Gasteiger partial charge < -0.3 is 19.9 Å².